The van der Waals surface area contributed by atoms with E-state index in [2.05, 4.69) is 20.3 Å². The van der Waals surface area contributed by atoms with Gasteiger partial charge in [-0.15, -0.1) is 5.10 Å². The molecule has 1 aromatic carbocycles. The highest BCUT2D eigenvalue weighted by Gasteiger charge is 2.30. The van der Waals surface area contributed by atoms with Crippen molar-refractivity contribution in [3.63, 3.8) is 0 Å². The molecular formula is C18H22N6O3S. The second-order valence-electron chi connectivity index (χ2n) is 6.95. The molecule has 0 amide bonds. The molecule has 0 bridgehead atoms. The molecule has 0 saturated carbocycles. The number of aromatic nitrogens is 5. The Hall–Kier alpha value is -2.59. The highest BCUT2D eigenvalue weighted by Crippen LogP contribution is 2.26. The number of piperidine rings is 1. The fraction of sp³-hybridized carbons (Fsp3) is 0.444. The quantitative estimate of drug-likeness (QED) is 0.683. The number of aromatic amines is 1. The first-order valence-electron chi connectivity index (χ1n) is 9.33. The van der Waals surface area contributed by atoms with Crippen molar-refractivity contribution in [2.45, 2.75) is 32.2 Å². The van der Waals surface area contributed by atoms with Gasteiger partial charge in [0, 0.05) is 19.0 Å². The summed E-state index contributed by atoms with van der Waals surface area (Å²) in [5, 5.41) is 8.05. The lowest BCUT2D eigenvalue weighted by atomic mass is 9.99. The highest BCUT2D eigenvalue weighted by atomic mass is 32.2. The average Bonchev–Trinajstić information content (AvgIpc) is 3.12. The van der Waals surface area contributed by atoms with Gasteiger partial charge in [0.25, 0.3) is 5.56 Å². The molecule has 1 N–H and O–H groups in total. The molecule has 1 atom stereocenters. The number of benzene rings is 1. The van der Waals surface area contributed by atoms with E-state index >= 15 is 0 Å². The molecule has 0 unspecified atom stereocenters. The van der Waals surface area contributed by atoms with E-state index < -0.39 is 10.0 Å². The number of hydrogen-bond acceptors (Lipinski definition) is 6. The van der Waals surface area contributed by atoms with Crippen LogP contribution >= 0.6 is 0 Å². The zero-order chi connectivity index (χ0) is 19.7. The minimum absolute atomic E-state index is 0.0659. The summed E-state index contributed by atoms with van der Waals surface area (Å²) < 4.78 is 27.6. The zero-order valence-corrected chi connectivity index (χ0v) is 16.4. The van der Waals surface area contributed by atoms with Crippen molar-refractivity contribution in [2.24, 2.45) is 0 Å². The molecule has 1 saturated heterocycles. The molecule has 9 nitrogen and oxygen atoms in total. The standard InChI is InChI=1S/C18H22N6O3S/c1-2-28(26,27)23-10-6-9-14(12-23)16-19-17-15(18(25)20-16)21-22-24(17)11-13-7-4-3-5-8-13/h3-5,7-8,14H,2,6,9-12H2,1H3,(H,19,20,25)/t14-/m0/s1. The Kier molecular flexibility index (Phi) is 4.98. The average molecular weight is 402 g/mol. The first kappa shape index (κ1) is 18.8. The topological polar surface area (TPSA) is 114 Å². The van der Waals surface area contributed by atoms with Gasteiger partial charge in [-0.2, -0.15) is 0 Å². The van der Waals surface area contributed by atoms with Gasteiger partial charge < -0.3 is 4.98 Å². The normalized spacial score (nSPS) is 18.5. The third-order valence-corrected chi connectivity index (χ3v) is 6.94. The van der Waals surface area contributed by atoms with E-state index in [9.17, 15) is 13.2 Å². The number of H-pyrrole nitrogens is 1. The van der Waals surface area contributed by atoms with E-state index in [1.54, 1.807) is 11.6 Å². The van der Waals surface area contributed by atoms with Crippen LogP contribution in [-0.2, 0) is 16.6 Å². The lowest BCUT2D eigenvalue weighted by Gasteiger charge is -2.31. The van der Waals surface area contributed by atoms with Crippen LogP contribution in [0.1, 0.15) is 37.1 Å². The fourth-order valence-electron chi connectivity index (χ4n) is 3.54. The third kappa shape index (κ3) is 3.57. The summed E-state index contributed by atoms with van der Waals surface area (Å²) in [5.74, 6) is 0.397. The summed E-state index contributed by atoms with van der Waals surface area (Å²) in [6.07, 6.45) is 1.50. The van der Waals surface area contributed by atoms with Gasteiger partial charge in [0.05, 0.1) is 12.3 Å². The predicted molar refractivity (Wildman–Crippen MR) is 104 cm³/mol. The summed E-state index contributed by atoms with van der Waals surface area (Å²) >= 11 is 0. The molecule has 28 heavy (non-hydrogen) atoms. The van der Waals surface area contributed by atoms with Crippen molar-refractivity contribution in [1.82, 2.24) is 29.3 Å². The summed E-state index contributed by atoms with van der Waals surface area (Å²) in [5.41, 5.74) is 1.28. The molecule has 3 aromatic rings. The summed E-state index contributed by atoms with van der Waals surface area (Å²) in [6.45, 7) is 2.92. The van der Waals surface area contributed by atoms with Gasteiger partial charge >= 0.3 is 0 Å². The number of fused-ring (bicyclic) bond motifs is 1. The summed E-state index contributed by atoms with van der Waals surface area (Å²) in [4.78, 5) is 19.9. The number of nitrogens with zero attached hydrogens (tertiary/aromatic N) is 5. The lowest BCUT2D eigenvalue weighted by molar-refractivity contribution is 0.309. The van der Waals surface area contributed by atoms with Crippen LogP contribution < -0.4 is 5.56 Å². The number of rotatable bonds is 5. The van der Waals surface area contributed by atoms with E-state index in [4.69, 9.17) is 0 Å². The van der Waals surface area contributed by atoms with Gasteiger partial charge in [0.2, 0.25) is 10.0 Å². The van der Waals surface area contributed by atoms with Crippen molar-refractivity contribution in [3.05, 3.63) is 52.1 Å². The third-order valence-electron chi connectivity index (χ3n) is 5.10. The first-order valence-corrected chi connectivity index (χ1v) is 10.9. The monoisotopic (exact) mass is 402 g/mol. The van der Waals surface area contributed by atoms with Gasteiger partial charge in [0.15, 0.2) is 11.2 Å². The molecule has 148 valence electrons. The Morgan fingerprint density at radius 3 is 2.79 bits per heavy atom. The van der Waals surface area contributed by atoms with Crippen LogP contribution in [0.3, 0.4) is 0 Å². The molecule has 0 spiro atoms. The maximum Gasteiger partial charge on any atom is 0.281 e. The second-order valence-corrected chi connectivity index (χ2v) is 9.21. The van der Waals surface area contributed by atoms with E-state index in [0.717, 1.165) is 18.4 Å². The van der Waals surface area contributed by atoms with Crippen molar-refractivity contribution >= 4 is 21.2 Å². The zero-order valence-electron chi connectivity index (χ0n) is 15.6. The van der Waals surface area contributed by atoms with Crippen LogP contribution in [-0.4, -0.2) is 56.5 Å². The largest absolute Gasteiger partial charge is 0.308 e. The molecule has 0 aliphatic carbocycles. The Morgan fingerprint density at radius 1 is 1.25 bits per heavy atom. The summed E-state index contributed by atoms with van der Waals surface area (Å²) in [7, 11) is -3.27. The van der Waals surface area contributed by atoms with Gasteiger partial charge in [-0.25, -0.2) is 22.4 Å². The Balaban J connectivity index is 1.68. The smallest absolute Gasteiger partial charge is 0.281 e. The van der Waals surface area contributed by atoms with Crippen LogP contribution in [0.4, 0.5) is 0 Å². The molecule has 0 radical (unpaired) electrons. The van der Waals surface area contributed by atoms with E-state index in [0.29, 0.717) is 31.1 Å². The van der Waals surface area contributed by atoms with Crippen LogP contribution in [0.15, 0.2) is 35.1 Å². The molecule has 2 aromatic heterocycles. The van der Waals surface area contributed by atoms with E-state index in [-0.39, 0.29) is 22.7 Å². The van der Waals surface area contributed by atoms with Crippen LogP contribution in [0.25, 0.3) is 11.2 Å². The van der Waals surface area contributed by atoms with Crippen LogP contribution in [0.2, 0.25) is 0 Å². The minimum atomic E-state index is -3.27. The van der Waals surface area contributed by atoms with Crippen LogP contribution in [0.5, 0.6) is 0 Å². The Bertz CT molecular complexity index is 1140. The molecule has 3 heterocycles. The Morgan fingerprint density at radius 2 is 2.04 bits per heavy atom. The van der Waals surface area contributed by atoms with E-state index in [1.807, 2.05) is 30.3 Å². The fourth-order valence-corrected chi connectivity index (χ4v) is 4.72. The van der Waals surface area contributed by atoms with Gasteiger partial charge in [-0.1, -0.05) is 35.5 Å². The Labute approximate surface area is 162 Å². The van der Waals surface area contributed by atoms with Gasteiger partial charge in [-0.3, -0.25) is 4.79 Å². The van der Waals surface area contributed by atoms with E-state index in [1.165, 1.54) is 4.31 Å². The molecule has 4 rings (SSSR count). The maximum atomic E-state index is 12.5. The maximum absolute atomic E-state index is 12.5. The summed E-state index contributed by atoms with van der Waals surface area (Å²) in [6, 6.07) is 9.74. The number of sulfonamides is 1. The van der Waals surface area contributed by atoms with Gasteiger partial charge in [-0.05, 0) is 25.3 Å². The number of hydrogen-bond donors (Lipinski definition) is 1. The van der Waals surface area contributed by atoms with Crippen molar-refractivity contribution in [3.8, 4) is 0 Å². The molecule has 1 fully saturated rings. The second kappa shape index (κ2) is 7.44. The van der Waals surface area contributed by atoms with Crippen molar-refractivity contribution in [1.29, 1.82) is 0 Å². The predicted octanol–water partition coefficient (Wildman–Crippen LogP) is 1.09. The molecule has 1 aliphatic rings. The SMILES string of the molecule is CCS(=O)(=O)N1CCC[C@H](c2nc3c(nnn3Cc3ccccc3)c(=O)[nH]2)C1. The lowest BCUT2D eigenvalue weighted by Crippen LogP contribution is -2.40. The van der Waals surface area contributed by atoms with Crippen molar-refractivity contribution in [2.75, 3.05) is 18.8 Å². The van der Waals surface area contributed by atoms with Crippen LogP contribution in [0, 0.1) is 0 Å². The highest BCUT2D eigenvalue weighted by molar-refractivity contribution is 7.89. The molecule has 10 heteroatoms. The first-order chi connectivity index (χ1) is 13.5. The van der Waals surface area contributed by atoms with Crippen molar-refractivity contribution < 1.29 is 8.42 Å². The number of nitrogens with one attached hydrogen (secondary N) is 1. The molecular weight excluding hydrogens is 380 g/mol. The van der Waals surface area contributed by atoms with Gasteiger partial charge in [0.1, 0.15) is 5.82 Å². The minimum Gasteiger partial charge on any atom is -0.308 e. The molecule has 1 aliphatic heterocycles.